The minimum absolute atomic E-state index is 0.112. The first-order valence-corrected chi connectivity index (χ1v) is 15.8. The fraction of sp³-hybridized carbons (Fsp3) is 0.444. The number of benzene rings is 3. The molecule has 0 radical (unpaired) electrons. The lowest BCUT2D eigenvalue weighted by atomic mass is 9.83. The highest BCUT2D eigenvalue weighted by molar-refractivity contribution is 5.76. The Hall–Kier alpha value is -3.86. The zero-order valence-electron chi connectivity index (χ0n) is 26.1. The highest BCUT2D eigenvalue weighted by Gasteiger charge is 2.41. The third-order valence-corrected chi connectivity index (χ3v) is 9.27. The van der Waals surface area contributed by atoms with Gasteiger partial charge in [0, 0.05) is 6.04 Å². The van der Waals surface area contributed by atoms with Crippen LogP contribution in [0.2, 0.25) is 0 Å². The predicted octanol–water partition coefficient (Wildman–Crippen LogP) is 8.98. The van der Waals surface area contributed by atoms with Crippen LogP contribution in [-0.4, -0.2) is 29.9 Å². The lowest BCUT2D eigenvalue weighted by Gasteiger charge is -2.36. The topological polar surface area (TPSA) is 55.8 Å². The number of carbonyl (C=O) groups is 2. The van der Waals surface area contributed by atoms with E-state index in [1.165, 1.54) is 6.92 Å². The summed E-state index contributed by atoms with van der Waals surface area (Å²) in [5.41, 5.74) is -0.939. The zero-order chi connectivity index (χ0) is 33.9. The molecule has 2 aliphatic rings. The molecule has 1 heterocycles. The van der Waals surface area contributed by atoms with Gasteiger partial charge in [-0.1, -0.05) is 49.4 Å². The Labute approximate surface area is 269 Å². The van der Waals surface area contributed by atoms with Gasteiger partial charge in [-0.15, -0.1) is 0 Å². The Bertz CT molecular complexity index is 1550. The first-order chi connectivity index (χ1) is 22.2. The van der Waals surface area contributed by atoms with E-state index in [-0.39, 0.29) is 44.4 Å². The van der Waals surface area contributed by atoms with E-state index in [4.69, 9.17) is 9.47 Å². The summed E-state index contributed by atoms with van der Waals surface area (Å²) in [6, 6.07) is 17.1. The molecule has 47 heavy (non-hydrogen) atoms. The van der Waals surface area contributed by atoms with Crippen LogP contribution in [0.3, 0.4) is 0 Å². The minimum Gasteiger partial charge on any atom is -0.461 e. The highest BCUT2D eigenvalue weighted by atomic mass is 19.4. The lowest BCUT2D eigenvalue weighted by Crippen LogP contribution is -2.39. The Morgan fingerprint density at radius 2 is 1.51 bits per heavy atom. The minimum atomic E-state index is -4.82. The van der Waals surface area contributed by atoms with Crippen molar-refractivity contribution in [2.24, 2.45) is 17.8 Å². The molecule has 252 valence electrons. The smallest absolute Gasteiger partial charge is 0.416 e. The highest BCUT2D eigenvalue weighted by Crippen LogP contribution is 2.47. The molecule has 1 unspecified atom stereocenters. The van der Waals surface area contributed by atoms with E-state index in [2.05, 4.69) is 0 Å². The van der Waals surface area contributed by atoms with Crippen molar-refractivity contribution in [3.8, 4) is 5.75 Å². The van der Waals surface area contributed by atoms with Gasteiger partial charge in [-0.3, -0.25) is 14.5 Å². The van der Waals surface area contributed by atoms with Crippen molar-refractivity contribution >= 4 is 11.9 Å². The van der Waals surface area contributed by atoms with Gasteiger partial charge in [-0.2, -0.15) is 26.3 Å². The monoisotopic (exact) mass is 661 g/mol. The average molecular weight is 662 g/mol. The quantitative estimate of drug-likeness (QED) is 0.123. The molecule has 0 spiro atoms. The molecule has 3 atom stereocenters. The summed E-state index contributed by atoms with van der Waals surface area (Å²) in [4.78, 5) is 27.8. The summed E-state index contributed by atoms with van der Waals surface area (Å²) in [5.74, 6) is -1.21. The molecule has 1 saturated carbocycles. The van der Waals surface area contributed by atoms with Crippen molar-refractivity contribution in [1.82, 2.24) is 4.90 Å². The van der Waals surface area contributed by atoms with Crippen molar-refractivity contribution in [2.75, 3.05) is 13.1 Å². The van der Waals surface area contributed by atoms with Crippen LogP contribution in [0, 0.1) is 17.8 Å². The first-order valence-electron chi connectivity index (χ1n) is 15.8. The second-order valence-electron chi connectivity index (χ2n) is 12.5. The molecule has 3 aromatic carbocycles. The molecular weight excluding hydrogens is 624 g/mol. The van der Waals surface area contributed by atoms with Gasteiger partial charge in [0.1, 0.15) is 12.4 Å². The number of nitrogens with zero attached hydrogens (tertiary/aromatic N) is 1. The van der Waals surface area contributed by atoms with Crippen LogP contribution in [0.4, 0.5) is 26.3 Å². The first kappa shape index (κ1) is 34.5. The Morgan fingerprint density at radius 3 is 2.13 bits per heavy atom. The molecule has 3 aromatic rings. The number of halogens is 6. The molecule has 0 N–H and O–H groups in total. The van der Waals surface area contributed by atoms with Crippen LogP contribution in [0.5, 0.6) is 5.75 Å². The number of carbonyl (C=O) groups excluding carboxylic acids is 2. The van der Waals surface area contributed by atoms with E-state index in [9.17, 15) is 35.9 Å². The van der Waals surface area contributed by atoms with Crippen LogP contribution < -0.4 is 4.74 Å². The standard InChI is InChI=1S/C36H37F6NO4/c1-22(33(44)46-21-24-7-4-3-5-8-24)32(25-11-12-25)27-9-6-10-29(19-27)47-34(45)26-15-17-43(18-16-26)23(2)30-20-28(35(37,38)39)13-14-31(30)36(40,41)42/h3-10,13-14,19-20,22-23,25-26,32H,11-12,15-18,21H2,1-2H3/t22-,23?,32-/m0/s1. The molecule has 0 amide bonds. The summed E-state index contributed by atoms with van der Waals surface area (Å²) in [6.45, 7) is 3.90. The number of rotatable bonds is 10. The number of likely N-dealkylation sites (tertiary alicyclic amines) is 1. The number of piperidine rings is 1. The van der Waals surface area contributed by atoms with Gasteiger partial charge < -0.3 is 9.47 Å². The number of hydrogen-bond acceptors (Lipinski definition) is 5. The Kier molecular flexibility index (Phi) is 10.3. The van der Waals surface area contributed by atoms with E-state index >= 15 is 0 Å². The molecule has 5 rings (SSSR count). The van der Waals surface area contributed by atoms with Gasteiger partial charge in [0.2, 0.25) is 0 Å². The van der Waals surface area contributed by atoms with Gasteiger partial charge in [0.05, 0.1) is 23.0 Å². The van der Waals surface area contributed by atoms with Gasteiger partial charge in [-0.05, 0) is 105 Å². The maximum atomic E-state index is 13.7. The van der Waals surface area contributed by atoms with Gasteiger partial charge in [-0.25, -0.2) is 0 Å². The van der Waals surface area contributed by atoms with Gasteiger partial charge >= 0.3 is 24.3 Å². The van der Waals surface area contributed by atoms with E-state index in [0.29, 0.717) is 29.9 Å². The molecule has 1 aliphatic carbocycles. The number of hydrogen-bond donors (Lipinski definition) is 0. The molecule has 1 aliphatic heterocycles. The third-order valence-electron chi connectivity index (χ3n) is 9.27. The van der Waals surface area contributed by atoms with Crippen LogP contribution in [-0.2, 0) is 33.3 Å². The van der Waals surface area contributed by atoms with Crippen molar-refractivity contribution in [1.29, 1.82) is 0 Å². The molecule has 0 bridgehead atoms. The molecule has 5 nitrogen and oxygen atoms in total. The van der Waals surface area contributed by atoms with Crippen molar-refractivity contribution in [2.45, 2.75) is 70.4 Å². The second-order valence-corrected chi connectivity index (χ2v) is 12.5. The maximum Gasteiger partial charge on any atom is 0.416 e. The van der Waals surface area contributed by atoms with E-state index < -0.39 is 52.9 Å². The zero-order valence-corrected chi connectivity index (χ0v) is 26.1. The number of esters is 2. The van der Waals surface area contributed by atoms with Crippen molar-refractivity contribution < 1.29 is 45.4 Å². The molecule has 1 saturated heterocycles. The summed E-state index contributed by atoms with van der Waals surface area (Å²) in [5, 5.41) is 0. The summed E-state index contributed by atoms with van der Waals surface area (Å²) in [6.07, 6.45) is -7.09. The number of ether oxygens (including phenoxy) is 2. The van der Waals surface area contributed by atoms with Crippen LogP contribution >= 0.6 is 0 Å². The summed E-state index contributed by atoms with van der Waals surface area (Å²) < 4.78 is 92.4. The Balaban J connectivity index is 1.21. The average Bonchev–Trinajstić information content (AvgIpc) is 3.88. The van der Waals surface area contributed by atoms with Crippen LogP contribution in [0.15, 0.2) is 72.8 Å². The van der Waals surface area contributed by atoms with Crippen molar-refractivity contribution in [3.05, 3.63) is 101 Å². The van der Waals surface area contributed by atoms with Crippen LogP contribution in [0.1, 0.15) is 79.3 Å². The van der Waals surface area contributed by atoms with Crippen LogP contribution in [0.25, 0.3) is 0 Å². The maximum absolute atomic E-state index is 13.7. The fourth-order valence-corrected chi connectivity index (χ4v) is 6.48. The van der Waals surface area contributed by atoms with E-state index in [0.717, 1.165) is 24.0 Å². The van der Waals surface area contributed by atoms with E-state index in [1.54, 1.807) is 23.1 Å². The summed E-state index contributed by atoms with van der Waals surface area (Å²) >= 11 is 0. The summed E-state index contributed by atoms with van der Waals surface area (Å²) in [7, 11) is 0. The molecule has 2 fully saturated rings. The lowest BCUT2D eigenvalue weighted by molar-refractivity contribution is -0.150. The largest absolute Gasteiger partial charge is 0.461 e. The fourth-order valence-electron chi connectivity index (χ4n) is 6.48. The van der Waals surface area contributed by atoms with Crippen molar-refractivity contribution in [3.63, 3.8) is 0 Å². The SMILES string of the molecule is CC(c1cc(C(F)(F)F)ccc1C(F)(F)F)N1CCC(C(=O)Oc2cccc([C@H](C3CC3)[C@H](C)C(=O)OCc3ccccc3)c2)CC1. The number of alkyl halides is 6. The van der Waals surface area contributed by atoms with Gasteiger partial charge in [0.15, 0.2) is 0 Å². The molecular formula is C36H37F6NO4. The molecule has 11 heteroatoms. The normalized spacial score (nSPS) is 18.3. The molecule has 0 aromatic heterocycles. The third kappa shape index (κ3) is 8.54. The predicted molar refractivity (Wildman–Crippen MR) is 162 cm³/mol. The Morgan fingerprint density at radius 1 is 0.830 bits per heavy atom. The van der Waals surface area contributed by atoms with Gasteiger partial charge in [0.25, 0.3) is 0 Å². The second kappa shape index (κ2) is 14.1. The van der Waals surface area contributed by atoms with E-state index in [1.807, 2.05) is 43.3 Å².